The lowest BCUT2D eigenvalue weighted by atomic mass is 10.1. The van der Waals surface area contributed by atoms with Gasteiger partial charge in [-0.1, -0.05) is 30.2 Å². The van der Waals surface area contributed by atoms with E-state index in [1.165, 1.54) is 12.1 Å². The normalized spacial score (nSPS) is 16.6. The summed E-state index contributed by atoms with van der Waals surface area (Å²) in [6.07, 6.45) is 4.03. The minimum atomic E-state index is -0.292. The summed E-state index contributed by atoms with van der Waals surface area (Å²) in [5.74, 6) is 0.387. The van der Waals surface area contributed by atoms with Crippen LogP contribution in [0.3, 0.4) is 0 Å². The average Bonchev–Trinajstić information content (AvgIpc) is 3.00. The number of carbonyl (C=O) groups excluding carboxylic acids is 1. The van der Waals surface area contributed by atoms with Crippen LogP contribution in [0.2, 0.25) is 5.02 Å². The van der Waals surface area contributed by atoms with Crippen molar-refractivity contribution in [2.75, 3.05) is 31.1 Å². The third-order valence-electron chi connectivity index (χ3n) is 6.41. The Kier molecular flexibility index (Phi) is 5.87. The largest absolute Gasteiger partial charge is 0.368 e. The van der Waals surface area contributed by atoms with E-state index in [1.807, 2.05) is 35.2 Å². The molecular formula is C25H26ClFN4O. The number of rotatable bonds is 3. The van der Waals surface area contributed by atoms with Gasteiger partial charge in [-0.05, 0) is 55.7 Å². The molecule has 5 nitrogen and oxygen atoms in total. The van der Waals surface area contributed by atoms with Crippen LogP contribution >= 0.6 is 11.6 Å². The van der Waals surface area contributed by atoms with Gasteiger partial charge >= 0.3 is 0 Å². The summed E-state index contributed by atoms with van der Waals surface area (Å²) in [7, 11) is 0. The van der Waals surface area contributed by atoms with Gasteiger partial charge in [-0.2, -0.15) is 0 Å². The topological polar surface area (TPSA) is 41.4 Å². The van der Waals surface area contributed by atoms with Crippen LogP contribution in [0.1, 0.15) is 35.4 Å². The maximum atomic E-state index is 13.9. The Labute approximate surface area is 192 Å². The van der Waals surface area contributed by atoms with Crippen molar-refractivity contribution in [1.82, 2.24) is 14.5 Å². The Balaban J connectivity index is 1.40. The van der Waals surface area contributed by atoms with Gasteiger partial charge in [0, 0.05) is 49.0 Å². The Morgan fingerprint density at radius 1 is 0.938 bits per heavy atom. The summed E-state index contributed by atoms with van der Waals surface area (Å²) >= 11 is 6.01. The fourth-order valence-corrected chi connectivity index (χ4v) is 4.83. The molecule has 0 N–H and O–H groups in total. The van der Waals surface area contributed by atoms with Crippen LogP contribution < -0.4 is 4.90 Å². The zero-order valence-electron chi connectivity index (χ0n) is 17.9. The summed E-state index contributed by atoms with van der Waals surface area (Å²) in [4.78, 5) is 22.5. The van der Waals surface area contributed by atoms with Gasteiger partial charge in [0.25, 0.3) is 5.91 Å². The molecule has 1 saturated heterocycles. The monoisotopic (exact) mass is 452 g/mol. The lowest BCUT2D eigenvalue weighted by molar-refractivity contribution is 0.0740. The highest BCUT2D eigenvalue weighted by Crippen LogP contribution is 2.29. The molecular weight excluding hydrogens is 427 g/mol. The van der Waals surface area contributed by atoms with Crippen molar-refractivity contribution in [2.24, 2.45) is 0 Å². The van der Waals surface area contributed by atoms with Crippen LogP contribution in [-0.4, -0.2) is 46.5 Å². The molecule has 0 spiro atoms. The highest BCUT2D eigenvalue weighted by Gasteiger charge is 2.29. The maximum Gasteiger partial charge on any atom is 0.274 e. The van der Waals surface area contributed by atoms with Crippen LogP contribution in [0.15, 0.2) is 48.5 Å². The number of hydrogen-bond donors (Lipinski definition) is 0. The zero-order chi connectivity index (χ0) is 22.1. The predicted molar refractivity (Wildman–Crippen MR) is 125 cm³/mol. The Hall–Kier alpha value is -2.86. The number of halogens is 2. The summed E-state index contributed by atoms with van der Waals surface area (Å²) in [6.45, 7) is 3.62. The van der Waals surface area contributed by atoms with Crippen molar-refractivity contribution in [3.8, 4) is 11.4 Å². The average molecular weight is 453 g/mol. The van der Waals surface area contributed by atoms with E-state index in [1.54, 1.807) is 6.07 Å². The number of carbonyl (C=O) groups is 1. The summed E-state index contributed by atoms with van der Waals surface area (Å²) in [5.41, 5.74) is 3.36. The standard InChI is InChI=1S/C25H26ClFN4O/c26-19-8-10-21(11-9-19)29-13-15-30(16-14-29)25(32)23-22-7-2-1-3-12-31(22)24(28-23)18-5-4-6-20(27)17-18/h4-6,8-11,17H,1-3,7,12-16H2. The quantitative estimate of drug-likeness (QED) is 0.559. The van der Waals surface area contributed by atoms with E-state index in [0.717, 1.165) is 67.3 Å². The Bertz CT molecular complexity index is 1120. The van der Waals surface area contributed by atoms with Crippen LogP contribution in [0.5, 0.6) is 0 Å². The molecule has 3 heterocycles. The molecule has 0 unspecified atom stereocenters. The molecule has 0 radical (unpaired) electrons. The van der Waals surface area contributed by atoms with Gasteiger partial charge in [0.05, 0.1) is 5.69 Å². The first-order valence-electron chi connectivity index (χ1n) is 11.3. The number of imidazole rings is 1. The molecule has 3 aromatic rings. The van der Waals surface area contributed by atoms with Gasteiger partial charge in [0.1, 0.15) is 17.3 Å². The molecule has 0 atom stereocenters. The first-order chi connectivity index (χ1) is 15.6. The summed E-state index contributed by atoms with van der Waals surface area (Å²) in [6, 6.07) is 14.3. The Morgan fingerprint density at radius 2 is 1.72 bits per heavy atom. The minimum Gasteiger partial charge on any atom is -0.368 e. The molecule has 166 valence electrons. The molecule has 1 fully saturated rings. The van der Waals surface area contributed by atoms with Gasteiger partial charge in [-0.3, -0.25) is 4.79 Å². The molecule has 2 aliphatic rings. The van der Waals surface area contributed by atoms with Crippen molar-refractivity contribution in [3.63, 3.8) is 0 Å². The fraction of sp³-hybridized carbons (Fsp3) is 0.360. The summed E-state index contributed by atoms with van der Waals surface area (Å²) in [5, 5.41) is 0.720. The number of anilines is 1. The minimum absolute atomic E-state index is 0.0194. The first kappa shape index (κ1) is 21.0. The molecule has 0 aliphatic carbocycles. The van der Waals surface area contributed by atoms with Crippen molar-refractivity contribution in [2.45, 2.75) is 32.2 Å². The smallest absolute Gasteiger partial charge is 0.274 e. The SMILES string of the molecule is O=C(c1nc(-c2cccc(F)c2)n2c1CCCCC2)N1CCN(c2ccc(Cl)cc2)CC1. The second kappa shape index (κ2) is 8.94. The lowest BCUT2D eigenvalue weighted by Gasteiger charge is -2.36. The maximum absolute atomic E-state index is 13.9. The number of aromatic nitrogens is 2. The van der Waals surface area contributed by atoms with E-state index in [0.29, 0.717) is 24.6 Å². The molecule has 0 bridgehead atoms. The third-order valence-corrected chi connectivity index (χ3v) is 6.66. The van der Waals surface area contributed by atoms with E-state index in [9.17, 15) is 9.18 Å². The highest BCUT2D eigenvalue weighted by molar-refractivity contribution is 6.30. The molecule has 1 amide bonds. The van der Waals surface area contributed by atoms with Gasteiger partial charge in [-0.25, -0.2) is 9.37 Å². The van der Waals surface area contributed by atoms with E-state index in [2.05, 4.69) is 9.47 Å². The molecule has 1 aromatic heterocycles. The molecule has 2 aromatic carbocycles. The predicted octanol–water partition coefficient (Wildman–Crippen LogP) is 5.03. The molecule has 0 saturated carbocycles. The molecule has 5 rings (SSSR count). The molecule has 2 aliphatic heterocycles. The van der Waals surface area contributed by atoms with E-state index < -0.39 is 0 Å². The van der Waals surface area contributed by atoms with E-state index in [4.69, 9.17) is 16.6 Å². The van der Waals surface area contributed by atoms with Crippen LogP contribution in [0, 0.1) is 5.82 Å². The number of nitrogens with zero attached hydrogens (tertiary/aromatic N) is 4. The van der Waals surface area contributed by atoms with Gasteiger partial charge in [-0.15, -0.1) is 0 Å². The van der Waals surface area contributed by atoms with Crippen molar-refractivity contribution in [3.05, 3.63) is 70.8 Å². The van der Waals surface area contributed by atoms with Gasteiger partial charge in [0.15, 0.2) is 0 Å². The van der Waals surface area contributed by atoms with Crippen molar-refractivity contribution in [1.29, 1.82) is 0 Å². The van der Waals surface area contributed by atoms with Gasteiger partial charge in [0.2, 0.25) is 0 Å². The zero-order valence-corrected chi connectivity index (χ0v) is 18.7. The third kappa shape index (κ3) is 4.11. The fourth-order valence-electron chi connectivity index (χ4n) is 4.71. The Morgan fingerprint density at radius 3 is 2.47 bits per heavy atom. The number of piperazine rings is 1. The molecule has 7 heteroatoms. The van der Waals surface area contributed by atoms with Crippen LogP contribution in [0.4, 0.5) is 10.1 Å². The second-order valence-corrected chi connectivity index (χ2v) is 8.90. The highest BCUT2D eigenvalue weighted by atomic mass is 35.5. The van der Waals surface area contributed by atoms with E-state index >= 15 is 0 Å². The first-order valence-corrected chi connectivity index (χ1v) is 11.6. The van der Waals surface area contributed by atoms with Gasteiger partial charge < -0.3 is 14.4 Å². The number of hydrogen-bond acceptors (Lipinski definition) is 3. The van der Waals surface area contributed by atoms with Crippen LogP contribution in [-0.2, 0) is 13.0 Å². The number of fused-ring (bicyclic) bond motifs is 1. The second-order valence-electron chi connectivity index (χ2n) is 8.46. The molecule has 32 heavy (non-hydrogen) atoms. The van der Waals surface area contributed by atoms with Crippen LogP contribution in [0.25, 0.3) is 11.4 Å². The number of amides is 1. The number of benzene rings is 2. The summed E-state index contributed by atoms with van der Waals surface area (Å²) < 4.78 is 16.0. The lowest BCUT2D eigenvalue weighted by Crippen LogP contribution is -2.49. The van der Waals surface area contributed by atoms with E-state index in [-0.39, 0.29) is 11.7 Å². The van der Waals surface area contributed by atoms with Crippen molar-refractivity contribution >= 4 is 23.2 Å². The van der Waals surface area contributed by atoms with Crippen molar-refractivity contribution < 1.29 is 9.18 Å².